The van der Waals surface area contributed by atoms with Gasteiger partial charge in [-0.3, -0.25) is 4.99 Å². The van der Waals surface area contributed by atoms with Gasteiger partial charge >= 0.3 is 0 Å². The van der Waals surface area contributed by atoms with Crippen molar-refractivity contribution in [2.75, 3.05) is 11.9 Å². The fourth-order valence-electron chi connectivity index (χ4n) is 2.23. The fraction of sp³-hybridized carbons (Fsp3) is 0.278. The zero-order chi connectivity index (χ0) is 15.1. The fourth-order valence-corrected chi connectivity index (χ4v) is 2.23. The number of aliphatic imine (C=N–C) groups is 1. The number of nitrogens with zero attached hydrogens (tertiary/aromatic N) is 1. The monoisotopic (exact) mass is 409 g/mol. The summed E-state index contributed by atoms with van der Waals surface area (Å²) in [6.45, 7) is 4.93. The average Bonchev–Trinajstić information content (AvgIpc) is 2.47. The van der Waals surface area contributed by atoms with Gasteiger partial charge in [-0.1, -0.05) is 48.9 Å². The van der Waals surface area contributed by atoms with Gasteiger partial charge in [-0.15, -0.1) is 24.0 Å². The van der Waals surface area contributed by atoms with Crippen LogP contribution in [-0.4, -0.2) is 12.5 Å². The molecule has 0 aliphatic heterocycles. The van der Waals surface area contributed by atoms with Crippen LogP contribution in [0.2, 0.25) is 0 Å². The molecule has 0 fully saturated rings. The lowest BCUT2D eigenvalue weighted by molar-refractivity contribution is 0.962. The minimum Gasteiger partial charge on any atom is -0.370 e. The molecule has 0 heterocycles. The lowest BCUT2D eigenvalue weighted by atomic mass is 10.1. The summed E-state index contributed by atoms with van der Waals surface area (Å²) in [5.74, 6) is 0.468. The highest BCUT2D eigenvalue weighted by molar-refractivity contribution is 14.0. The first-order chi connectivity index (χ1) is 10.2. The Morgan fingerprint density at radius 3 is 2.55 bits per heavy atom. The summed E-state index contributed by atoms with van der Waals surface area (Å²) in [4.78, 5) is 4.38. The molecule has 0 saturated heterocycles. The molecule has 3 nitrogen and oxygen atoms in total. The number of aryl methyl sites for hydroxylation is 2. The molecule has 0 unspecified atom stereocenters. The standard InChI is InChI=1S/C18H23N3.HI/c1-3-15-7-5-9-17(13-15)21-18(19)20-11-10-16-8-4-6-14(2)12-16;/h4-9,12-13H,3,10-11H2,1-2H3,(H3,19,20,21);1H. The van der Waals surface area contributed by atoms with Crippen LogP contribution in [0.25, 0.3) is 0 Å². The first-order valence-corrected chi connectivity index (χ1v) is 7.39. The van der Waals surface area contributed by atoms with E-state index in [1.807, 2.05) is 12.1 Å². The van der Waals surface area contributed by atoms with E-state index in [-0.39, 0.29) is 24.0 Å². The van der Waals surface area contributed by atoms with Gasteiger partial charge in [0.05, 0.1) is 0 Å². The maximum absolute atomic E-state index is 5.93. The molecule has 0 bridgehead atoms. The number of nitrogens with two attached hydrogens (primary N) is 1. The molecule has 2 aromatic rings. The van der Waals surface area contributed by atoms with Gasteiger partial charge in [0.1, 0.15) is 0 Å². The van der Waals surface area contributed by atoms with Gasteiger partial charge in [-0.25, -0.2) is 0 Å². The van der Waals surface area contributed by atoms with E-state index in [0.717, 1.165) is 18.5 Å². The van der Waals surface area contributed by atoms with Crippen molar-refractivity contribution in [3.63, 3.8) is 0 Å². The van der Waals surface area contributed by atoms with Crippen molar-refractivity contribution in [3.05, 3.63) is 65.2 Å². The summed E-state index contributed by atoms with van der Waals surface area (Å²) in [5, 5.41) is 3.14. The van der Waals surface area contributed by atoms with E-state index in [1.165, 1.54) is 16.7 Å². The summed E-state index contributed by atoms with van der Waals surface area (Å²) in [7, 11) is 0. The third-order valence-electron chi connectivity index (χ3n) is 3.37. The van der Waals surface area contributed by atoms with Crippen molar-refractivity contribution in [2.45, 2.75) is 26.7 Å². The van der Waals surface area contributed by atoms with Crippen LogP contribution in [0, 0.1) is 6.92 Å². The van der Waals surface area contributed by atoms with E-state index < -0.39 is 0 Å². The number of halogens is 1. The van der Waals surface area contributed by atoms with Crippen molar-refractivity contribution < 1.29 is 0 Å². The Hall–Kier alpha value is -1.56. The lowest BCUT2D eigenvalue weighted by Gasteiger charge is -2.07. The molecule has 2 aromatic carbocycles. The number of rotatable bonds is 5. The Balaban J connectivity index is 0.00000242. The lowest BCUT2D eigenvalue weighted by Crippen LogP contribution is -2.23. The molecular formula is C18H24IN3. The number of benzene rings is 2. The van der Waals surface area contributed by atoms with E-state index in [2.05, 4.69) is 60.6 Å². The third kappa shape index (κ3) is 6.05. The maximum atomic E-state index is 5.93. The molecule has 4 heteroatoms. The molecule has 0 amide bonds. The Morgan fingerprint density at radius 1 is 1.09 bits per heavy atom. The predicted octanol–water partition coefficient (Wildman–Crippen LogP) is 4.14. The molecular weight excluding hydrogens is 385 g/mol. The van der Waals surface area contributed by atoms with Crippen molar-refractivity contribution in [1.82, 2.24) is 0 Å². The van der Waals surface area contributed by atoms with Gasteiger partial charge in [0, 0.05) is 12.2 Å². The van der Waals surface area contributed by atoms with Crippen LogP contribution in [0.15, 0.2) is 53.5 Å². The van der Waals surface area contributed by atoms with Crippen molar-refractivity contribution in [1.29, 1.82) is 0 Å². The zero-order valence-corrected chi connectivity index (χ0v) is 15.5. The summed E-state index contributed by atoms with van der Waals surface area (Å²) >= 11 is 0. The number of hydrogen-bond acceptors (Lipinski definition) is 1. The van der Waals surface area contributed by atoms with Crippen LogP contribution < -0.4 is 11.1 Å². The van der Waals surface area contributed by atoms with Crippen LogP contribution >= 0.6 is 24.0 Å². The normalized spacial score (nSPS) is 10.9. The molecule has 0 aliphatic rings. The smallest absolute Gasteiger partial charge is 0.193 e. The predicted molar refractivity (Wildman–Crippen MR) is 106 cm³/mol. The molecule has 2 rings (SSSR count). The highest BCUT2D eigenvalue weighted by Crippen LogP contribution is 2.10. The number of nitrogens with one attached hydrogen (secondary N) is 1. The minimum absolute atomic E-state index is 0. The van der Waals surface area contributed by atoms with Crippen LogP contribution in [0.1, 0.15) is 23.6 Å². The Kier molecular flexibility index (Phi) is 7.95. The largest absolute Gasteiger partial charge is 0.370 e. The SMILES string of the molecule is CCc1cccc(NC(N)=NCCc2cccc(C)c2)c1.I. The van der Waals surface area contributed by atoms with Gasteiger partial charge in [0.15, 0.2) is 5.96 Å². The molecule has 0 spiro atoms. The first-order valence-electron chi connectivity index (χ1n) is 7.39. The number of guanidine groups is 1. The van der Waals surface area contributed by atoms with E-state index in [1.54, 1.807) is 0 Å². The minimum atomic E-state index is 0. The molecule has 0 radical (unpaired) electrons. The topological polar surface area (TPSA) is 50.4 Å². The van der Waals surface area contributed by atoms with Crippen molar-refractivity contribution >= 4 is 35.6 Å². The molecule has 118 valence electrons. The van der Waals surface area contributed by atoms with Crippen LogP contribution in [0.5, 0.6) is 0 Å². The van der Waals surface area contributed by atoms with E-state index in [4.69, 9.17) is 5.73 Å². The molecule has 0 atom stereocenters. The van der Waals surface area contributed by atoms with E-state index in [0.29, 0.717) is 12.5 Å². The van der Waals surface area contributed by atoms with Crippen LogP contribution in [0.3, 0.4) is 0 Å². The molecule has 22 heavy (non-hydrogen) atoms. The Labute approximate surface area is 150 Å². The van der Waals surface area contributed by atoms with Gasteiger partial charge in [-0.2, -0.15) is 0 Å². The average molecular weight is 409 g/mol. The third-order valence-corrected chi connectivity index (χ3v) is 3.37. The quantitative estimate of drug-likeness (QED) is 0.443. The summed E-state index contributed by atoms with van der Waals surface area (Å²) < 4.78 is 0. The van der Waals surface area contributed by atoms with Crippen LogP contribution in [0.4, 0.5) is 5.69 Å². The molecule has 0 aliphatic carbocycles. The molecule has 3 N–H and O–H groups in total. The second-order valence-electron chi connectivity index (χ2n) is 5.18. The zero-order valence-electron chi connectivity index (χ0n) is 13.2. The van der Waals surface area contributed by atoms with Gasteiger partial charge in [-0.05, 0) is 43.0 Å². The van der Waals surface area contributed by atoms with Crippen molar-refractivity contribution in [2.24, 2.45) is 10.7 Å². The number of anilines is 1. The van der Waals surface area contributed by atoms with E-state index >= 15 is 0 Å². The highest BCUT2D eigenvalue weighted by atomic mass is 127. The first kappa shape index (κ1) is 18.5. The second kappa shape index (κ2) is 9.46. The molecule has 0 saturated carbocycles. The highest BCUT2D eigenvalue weighted by Gasteiger charge is 1.97. The Morgan fingerprint density at radius 2 is 1.82 bits per heavy atom. The summed E-state index contributed by atoms with van der Waals surface area (Å²) in [6.07, 6.45) is 1.92. The van der Waals surface area contributed by atoms with E-state index in [9.17, 15) is 0 Å². The van der Waals surface area contributed by atoms with Gasteiger partial charge < -0.3 is 11.1 Å². The van der Waals surface area contributed by atoms with Crippen molar-refractivity contribution in [3.8, 4) is 0 Å². The molecule has 0 aromatic heterocycles. The Bertz CT molecular complexity index is 623. The summed E-state index contributed by atoms with van der Waals surface area (Å²) in [6, 6.07) is 16.7. The second-order valence-corrected chi connectivity index (χ2v) is 5.18. The summed E-state index contributed by atoms with van der Waals surface area (Å²) in [5.41, 5.74) is 10.8. The van der Waals surface area contributed by atoms with Gasteiger partial charge in [0.25, 0.3) is 0 Å². The number of hydrogen-bond donors (Lipinski definition) is 2. The van der Waals surface area contributed by atoms with Crippen LogP contribution in [-0.2, 0) is 12.8 Å². The van der Waals surface area contributed by atoms with Gasteiger partial charge in [0.2, 0.25) is 0 Å². The maximum Gasteiger partial charge on any atom is 0.193 e.